The predicted molar refractivity (Wildman–Crippen MR) is 124 cm³/mol. The van der Waals surface area contributed by atoms with Gasteiger partial charge in [-0.05, 0) is 60.9 Å². The molecule has 3 aromatic rings. The van der Waals surface area contributed by atoms with Crippen molar-refractivity contribution in [3.05, 3.63) is 87.6 Å². The third kappa shape index (κ3) is 4.21. The number of fused-ring (bicyclic) bond motifs is 1. The van der Waals surface area contributed by atoms with Crippen LogP contribution in [0.2, 0.25) is 0 Å². The summed E-state index contributed by atoms with van der Waals surface area (Å²) >= 11 is 0. The van der Waals surface area contributed by atoms with Crippen molar-refractivity contribution in [2.24, 2.45) is 5.41 Å². The Labute approximate surface area is 192 Å². The molecular formula is C26H27N5O2. The van der Waals surface area contributed by atoms with Gasteiger partial charge in [-0.2, -0.15) is 10.4 Å². The molecule has 1 saturated heterocycles. The van der Waals surface area contributed by atoms with E-state index in [0.717, 1.165) is 56.6 Å². The van der Waals surface area contributed by atoms with Gasteiger partial charge in [-0.3, -0.25) is 9.36 Å². The Hall–Kier alpha value is -3.66. The number of piperidine rings is 1. The monoisotopic (exact) mass is 441 g/mol. The second-order valence-corrected chi connectivity index (χ2v) is 9.23. The molecule has 2 aliphatic rings. The molecule has 0 bridgehead atoms. The number of aromatic nitrogens is 3. The van der Waals surface area contributed by atoms with E-state index in [1.165, 1.54) is 0 Å². The van der Waals surface area contributed by atoms with E-state index < -0.39 is 0 Å². The van der Waals surface area contributed by atoms with Gasteiger partial charge in [0.15, 0.2) is 0 Å². The molecule has 3 heterocycles. The van der Waals surface area contributed by atoms with Gasteiger partial charge in [-0.25, -0.2) is 9.48 Å². The van der Waals surface area contributed by atoms with E-state index in [0.29, 0.717) is 24.2 Å². The summed E-state index contributed by atoms with van der Waals surface area (Å²) in [6, 6.07) is 18.9. The molecule has 0 N–H and O–H groups in total. The summed E-state index contributed by atoms with van der Waals surface area (Å²) in [5.41, 5.74) is 2.38. The average Bonchev–Trinajstić information content (AvgIpc) is 3.04. The molecule has 0 saturated carbocycles. The van der Waals surface area contributed by atoms with Crippen LogP contribution in [0.3, 0.4) is 0 Å². The summed E-state index contributed by atoms with van der Waals surface area (Å²) in [7, 11) is 0. The first-order valence-electron chi connectivity index (χ1n) is 11.6. The molecule has 7 heteroatoms. The van der Waals surface area contributed by atoms with Gasteiger partial charge in [0.1, 0.15) is 5.82 Å². The number of aryl methyl sites for hydroxylation is 1. The first kappa shape index (κ1) is 21.2. The molecule has 33 heavy (non-hydrogen) atoms. The normalized spacial score (nSPS) is 17.2. The number of carbonyl (C=O) groups excluding carboxylic acids is 1. The standard InChI is InChI=1S/C26H27N5O2/c27-18-20-6-8-22(9-7-20)24(32)29-15-12-26(13-16-29)11-10-23-28-31(25(33)30(23)17-14-26)19-21-4-2-1-3-5-21/h1-9H,10-17,19H2. The highest BCUT2D eigenvalue weighted by Crippen LogP contribution is 2.41. The molecule has 1 aromatic heterocycles. The van der Waals surface area contributed by atoms with Crippen LogP contribution in [-0.2, 0) is 19.5 Å². The van der Waals surface area contributed by atoms with Crippen molar-refractivity contribution >= 4 is 5.91 Å². The lowest BCUT2D eigenvalue weighted by Gasteiger charge is -2.41. The van der Waals surface area contributed by atoms with Crippen molar-refractivity contribution < 1.29 is 4.79 Å². The van der Waals surface area contributed by atoms with Crippen LogP contribution >= 0.6 is 0 Å². The zero-order valence-corrected chi connectivity index (χ0v) is 18.6. The highest BCUT2D eigenvalue weighted by atomic mass is 16.2. The molecule has 0 aliphatic carbocycles. The van der Waals surface area contributed by atoms with Crippen LogP contribution in [0.25, 0.3) is 0 Å². The van der Waals surface area contributed by atoms with Crippen LogP contribution in [0.1, 0.15) is 53.0 Å². The van der Waals surface area contributed by atoms with Crippen LogP contribution in [0.4, 0.5) is 0 Å². The number of likely N-dealkylation sites (tertiary alicyclic amines) is 1. The number of carbonyl (C=O) groups is 1. The van der Waals surface area contributed by atoms with E-state index in [2.05, 4.69) is 11.2 Å². The molecule has 0 unspecified atom stereocenters. The highest BCUT2D eigenvalue weighted by Gasteiger charge is 2.38. The lowest BCUT2D eigenvalue weighted by Crippen LogP contribution is -2.43. The Morgan fingerprint density at radius 1 is 0.970 bits per heavy atom. The van der Waals surface area contributed by atoms with Crippen LogP contribution in [0.15, 0.2) is 59.4 Å². The topological polar surface area (TPSA) is 83.9 Å². The lowest BCUT2D eigenvalue weighted by atomic mass is 9.72. The van der Waals surface area contributed by atoms with E-state index in [1.807, 2.05) is 39.8 Å². The van der Waals surface area contributed by atoms with Crippen molar-refractivity contribution in [2.45, 2.75) is 45.2 Å². The summed E-state index contributed by atoms with van der Waals surface area (Å²) < 4.78 is 3.44. The van der Waals surface area contributed by atoms with Gasteiger partial charge in [0.2, 0.25) is 0 Å². The lowest BCUT2D eigenvalue weighted by molar-refractivity contribution is 0.0535. The minimum Gasteiger partial charge on any atom is -0.339 e. The highest BCUT2D eigenvalue weighted by molar-refractivity contribution is 5.94. The molecule has 1 fully saturated rings. The number of hydrogen-bond acceptors (Lipinski definition) is 4. The molecule has 2 aliphatic heterocycles. The van der Waals surface area contributed by atoms with Crippen molar-refractivity contribution in [3.8, 4) is 6.07 Å². The van der Waals surface area contributed by atoms with E-state index in [4.69, 9.17) is 5.26 Å². The fourth-order valence-corrected chi connectivity index (χ4v) is 5.16. The quantitative estimate of drug-likeness (QED) is 0.625. The Kier molecular flexibility index (Phi) is 5.59. The van der Waals surface area contributed by atoms with Gasteiger partial charge < -0.3 is 4.90 Å². The smallest absolute Gasteiger partial charge is 0.339 e. The molecule has 2 aromatic carbocycles. The molecular weight excluding hydrogens is 414 g/mol. The Bertz CT molecular complexity index is 1240. The van der Waals surface area contributed by atoms with Crippen LogP contribution in [-0.4, -0.2) is 38.2 Å². The number of benzene rings is 2. The van der Waals surface area contributed by atoms with Crippen LogP contribution in [0, 0.1) is 16.7 Å². The summed E-state index contributed by atoms with van der Waals surface area (Å²) in [6.07, 6.45) is 4.61. The summed E-state index contributed by atoms with van der Waals surface area (Å²) in [4.78, 5) is 27.8. The number of amides is 1. The Morgan fingerprint density at radius 2 is 1.67 bits per heavy atom. The van der Waals surface area contributed by atoms with Gasteiger partial charge in [-0.15, -0.1) is 0 Å². The van der Waals surface area contributed by atoms with Crippen molar-refractivity contribution in [2.75, 3.05) is 13.1 Å². The zero-order chi connectivity index (χ0) is 22.8. The minimum atomic E-state index is -0.0284. The maximum absolute atomic E-state index is 13.0. The largest absolute Gasteiger partial charge is 0.346 e. The molecule has 168 valence electrons. The number of nitrogens with zero attached hydrogens (tertiary/aromatic N) is 5. The number of rotatable bonds is 3. The van der Waals surface area contributed by atoms with Gasteiger partial charge >= 0.3 is 5.69 Å². The molecule has 7 nitrogen and oxygen atoms in total. The first-order valence-corrected chi connectivity index (χ1v) is 11.6. The fraction of sp³-hybridized carbons (Fsp3) is 0.385. The second-order valence-electron chi connectivity index (χ2n) is 9.23. The predicted octanol–water partition coefficient (Wildman–Crippen LogP) is 3.22. The van der Waals surface area contributed by atoms with E-state index >= 15 is 0 Å². The third-order valence-electron chi connectivity index (χ3n) is 7.29. The van der Waals surface area contributed by atoms with E-state index in [9.17, 15) is 9.59 Å². The van der Waals surface area contributed by atoms with Gasteiger partial charge in [0.05, 0.1) is 18.2 Å². The van der Waals surface area contributed by atoms with Crippen LogP contribution < -0.4 is 5.69 Å². The van der Waals surface area contributed by atoms with Gasteiger partial charge in [0.25, 0.3) is 5.91 Å². The minimum absolute atomic E-state index is 0.0275. The van der Waals surface area contributed by atoms with Crippen molar-refractivity contribution in [1.82, 2.24) is 19.2 Å². The molecule has 5 rings (SSSR count). The zero-order valence-electron chi connectivity index (χ0n) is 18.6. The number of hydrogen-bond donors (Lipinski definition) is 0. The molecule has 1 spiro atoms. The average molecular weight is 442 g/mol. The second kappa shape index (κ2) is 8.70. The summed E-state index contributed by atoms with van der Waals surface area (Å²) in [6.45, 7) is 2.63. The van der Waals surface area contributed by atoms with E-state index in [1.54, 1.807) is 28.9 Å². The summed E-state index contributed by atoms with van der Waals surface area (Å²) in [5.74, 6) is 0.906. The van der Waals surface area contributed by atoms with E-state index in [-0.39, 0.29) is 17.0 Å². The SMILES string of the molecule is N#Cc1ccc(C(=O)N2CCC3(CCc4nn(Cc5ccccc5)c(=O)n4CC3)CC2)cc1. The maximum Gasteiger partial charge on any atom is 0.346 e. The first-order chi connectivity index (χ1) is 16.1. The molecule has 0 atom stereocenters. The fourth-order valence-electron chi connectivity index (χ4n) is 5.16. The summed E-state index contributed by atoms with van der Waals surface area (Å²) in [5, 5.41) is 13.6. The van der Waals surface area contributed by atoms with Crippen molar-refractivity contribution in [1.29, 1.82) is 5.26 Å². The van der Waals surface area contributed by atoms with Crippen molar-refractivity contribution in [3.63, 3.8) is 0 Å². The Morgan fingerprint density at radius 3 is 2.36 bits per heavy atom. The molecule has 0 radical (unpaired) electrons. The number of nitriles is 1. The molecule has 1 amide bonds. The van der Waals surface area contributed by atoms with Gasteiger partial charge in [0, 0.05) is 31.6 Å². The van der Waals surface area contributed by atoms with Crippen LogP contribution in [0.5, 0.6) is 0 Å². The third-order valence-corrected chi connectivity index (χ3v) is 7.29. The Balaban J connectivity index is 1.23. The van der Waals surface area contributed by atoms with Gasteiger partial charge in [-0.1, -0.05) is 30.3 Å². The maximum atomic E-state index is 13.0.